The summed E-state index contributed by atoms with van der Waals surface area (Å²) >= 11 is 3.98. The van der Waals surface area contributed by atoms with Crippen LogP contribution in [0.4, 0.5) is 32.6 Å². The minimum atomic E-state index is -1.67. The first-order chi connectivity index (χ1) is 22.9. The Labute approximate surface area is 311 Å². The number of amides is 1. The van der Waals surface area contributed by atoms with E-state index in [0.29, 0.717) is 0 Å². The number of benzene rings is 2. The molecule has 0 saturated heterocycles. The predicted octanol–water partition coefficient (Wildman–Crippen LogP) is 4.46. The molecular weight excluding hydrogens is 701 g/mol. The van der Waals surface area contributed by atoms with Gasteiger partial charge in [0.15, 0.2) is 23.1 Å². The Kier molecular flexibility index (Phi) is 22.6. The molecule has 0 aliphatic carbocycles. The Morgan fingerprint density at radius 1 is 0.804 bits per heavy atom. The van der Waals surface area contributed by atoms with E-state index in [2.05, 4.69) is 71.3 Å². The third-order valence-corrected chi connectivity index (χ3v) is 6.08. The second-order valence-corrected chi connectivity index (χ2v) is 12.0. The zero-order valence-electron chi connectivity index (χ0n) is 30.1. The Balaban J connectivity index is 0. The number of rotatable bonds is 8. The van der Waals surface area contributed by atoms with E-state index in [1.807, 2.05) is 76.2 Å². The predicted molar refractivity (Wildman–Crippen MR) is 194 cm³/mol. The van der Waals surface area contributed by atoms with Gasteiger partial charge in [0, 0.05) is 6.92 Å². The molecule has 2 aromatic carbocycles. The van der Waals surface area contributed by atoms with Crippen LogP contribution in [0.25, 0.3) is 0 Å². The van der Waals surface area contributed by atoms with Crippen molar-refractivity contribution in [1.29, 1.82) is 0 Å². The Morgan fingerprint density at radius 3 is 1.59 bits per heavy atom. The molecule has 0 fully saturated rings. The number of nitrogen functional groups attached to an aromatic ring is 1. The van der Waals surface area contributed by atoms with E-state index in [9.17, 15) is 18.4 Å². The summed E-state index contributed by atoms with van der Waals surface area (Å²) in [5, 5.41) is 8.22. The molecule has 4 aromatic rings. The van der Waals surface area contributed by atoms with Crippen LogP contribution in [0.15, 0.2) is 48.5 Å². The molecule has 0 bridgehead atoms. The highest BCUT2D eigenvalue weighted by molar-refractivity contribution is 5.86. The van der Waals surface area contributed by atoms with Crippen LogP contribution in [0.2, 0.25) is 0 Å². The first-order valence-corrected chi connectivity index (χ1v) is 16.0. The highest BCUT2D eigenvalue weighted by atomic mass is 35.5. The van der Waals surface area contributed by atoms with Crippen LogP contribution < -0.4 is 34.1 Å². The summed E-state index contributed by atoms with van der Waals surface area (Å²) in [5.41, 5.74) is 8.41. The Morgan fingerprint density at radius 2 is 1.20 bits per heavy atom. The van der Waals surface area contributed by atoms with Crippen molar-refractivity contribution in [2.75, 3.05) is 21.7 Å². The molecule has 282 valence electrons. The quantitative estimate of drug-likeness (QED) is 0.187. The normalized spacial score (nSPS) is 11.1. The fourth-order valence-electron chi connectivity index (χ4n) is 4.04. The molecule has 5 N–H and O–H groups in total. The second-order valence-electron chi connectivity index (χ2n) is 11.4. The first-order valence-electron chi connectivity index (χ1n) is 15.6. The largest absolute Gasteiger partial charge is 1.00 e. The molecule has 16 heteroatoms. The van der Waals surface area contributed by atoms with Crippen molar-refractivity contribution in [3.05, 3.63) is 82.7 Å². The first kappa shape index (κ1) is 48.6. The van der Waals surface area contributed by atoms with E-state index in [1.165, 1.54) is 34.1 Å². The molecule has 2 atom stereocenters. The summed E-state index contributed by atoms with van der Waals surface area (Å²) in [7, 11) is 0. The van der Waals surface area contributed by atoms with E-state index < -0.39 is 11.7 Å². The van der Waals surface area contributed by atoms with Crippen LogP contribution in [0, 0.1) is 31.5 Å². The number of nitrogens with zero attached hydrogens (tertiary/aromatic N) is 6. The highest BCUT2D eigenvalue weighted by Gasteiger charge is 2.24. The average molecular weight is 754 g/mol. The topological polar surface area (TPSA) is 174 Å². The number of halogens is 4. The van der Waals surface area contributed by atoms with Crippen LogP contribution in [-0.4, -0.2) is 41.1 Å². The second kappa shape index (κ2) is 23.8. The maximum atomic E-state index is 14.0. The van der Waals surface area contributed by atoms with Crippen molar-refractivity contribution in [1.82, 2.24) is 29.9 Å². The van der Waals surface area contributed by atoms with Gasteiger partial charge in [0.25, 0.3) is 0 Å². The number of nitrogens with two attached hydrogens (primary N) is 1. The van der Waals surface area contributed by atoms with Crippen molar-refractivity contribution in [2.24, 2.45) is 0 Å². The summed E-state index contributed by atoms with van der Waals surface area (Å²) in [6, 6.07) is 15.7. The van der Waals surface area contributed by atoms with Gasteiger partial charge in [-0.05, 0) is 63.8 Å². The minimum absolute atomic E-state index is 0. The van der Waals surface area contributed by atoms with Crippen LogP contribution in [0.1, 0.15) is 109 Å². The van der Waals surface area contributed by atoms with E-state index in [4.69, 9.17) is 5.73 Å². The summed E-state index contributed by atoms with van der Waals surface area (Å²) in [6.45, 7) is 17.6. The lowest BCUT2D eigenvalue weighted by molar-refractivity contribution is -0.302. The lowest BCUT2D eigenvalue weighted by Crippen LogP contribution is -3.00. The number of hydrogen-bond acceptors (Lipinski definition) is 11. The number of carbonyl (C=O) groups is 2. The Hall–Kier alpha value is -4.56. The number of anilines is 4. The third-order valence-electron chi connectivity index (χ3n) is 6.08. The number of aromatic nitrogens is 6. The molecule has 1 amide bonds. The fourth-order valence-corrected chi connectivity index (χ4v) is 4.04. The standard InChI is InChI=1S/C15H20FN5.C14H16FN5O.C3H8.C2H4ClO.CH4.ClH/c1-9-7-5-6-8-11(9)10(2)18-14-20-12(15(3,4)16)19-13(17)21-14;1-8-6-4-5-7-11(8)9(2)16-13-18-12(15)19-14(20-13)17-10(3)21;1-3-2;1-2(3)4;;/h5-8,10H,1-4H3,(H3,17,18,19,20,21);4-7,9H,1-3H3,(H2,16,17,18,19,20,21);3H2,1-2H3;3H,1H3;1H4;1H/q;;;+1;;/p-1. The number of aryl methyl sites for hydroxylation is 2. The number of alkyl halides is 1. The summed E-state index contributed by atoms with van der Waals surface area (Å²) < 4.78 is 27.3. The van der Waals surface area contributed by atoms with Gasteiger partial charge in [0.2, 0.25) is 29.7 Å². The van der Waals surface area contributed by atoms with Crippen molar-refractivity contribution in [2.45, 2.75) is 101 Å². The van der Waals surface area contributed by atoms with Crippen molar-refractivity contribution in [3.8, 4) is 0 Å². The molecule has 51 heavy (non-hydrogen) atoms. The third kappa shape index (κ3) is 18.9. The van der Waals surface area contributed by atoms with Crippen molar-refractivity contribution in [3.63, 3.8) is 0 Å². The van der Waals surface area contributed by atoms with E-state index in [0.717, 1.165) is 22.3 Å². The number of hydrogen-bond donors (Lipinski definition) is 4. The molecule has 0 aliphatic heterocycles. The van der Waals surface area contributed by atoms with Crippen molar-refractivity contribution < 1.29 is 42.4 Å². The van der Waals surface area contributed by atoms with Gasteiger partial charge < -0.3 is 28.8 Å². The molecule has 0 aliphatic rings. The molecular formula is C35H52Cl2F2N10O2. The lowest BCUT2D eigenvalue weighted by Gasteiger charge is -2.18. The maximum Gasteiger partial charge on any atom is 0.396 e. The van der Waals surface area contributed by atoms with Crippen LogP contribution in [0.5, 0.6) is 0 Å². The smallest absolute Gasteiger partial charge is 0.396 e. The molecule has 0 spiro atoms. The Bertz CT molecular complexity index is 1660. The SMILES string of the molecule is C.CC(=O)Nc1nc(F)nc(NC(C)c2ccccc2C)n1.CC(=O)[ClH+].CCC.Cc1ccccc1C(C)Nc1nc(N)nc(C(C)(C)F)n1.[Cl-]. The van der Waals surface area contributed by atoms with Gasteiger partial charge in [-0.2, -0.15) is 34.3 Å². The maximum absolute atomic E-state index is 14.0. The summed E-state index contributed by atoms with van der Waals surface area (Å²) in [5.74, 6) is -0.117. The summed E-state index contributed by atoms with van der Waals surface area (Å²) in [6.07, 6.45) is 0.299. The van der Waals surface area contributed by atoms with E-state index in [-0.39, 0.29) is 72.7 Å². The fraction of sp³-hybridized carbons (Fsp3) is 0.429. The van der Waals surface area contributed by atoms with Gasteiger partial charge in [-0.25, -0.2) is 9.18 Å². The van der Waals surface area contributed by atoms with Gasteiger partial charge in [0.05, 0.1) is 19.0 Å². The molecule has 0 saturated carbocycles. The highest BCUT2D eigenvalue weighted by Crippen LogP contribution is 2.25. The van der Waals surface area contributed by atoms with Crippen LogP contribution >= 0.6 is 0 Å². The van der Waals surface area contributed by atoms with Gasteiger partial charge in [0.1, 0.15) is 0 Å². The molecule has 2 heterocycles. The van der Waals surface area contributed by atoms with Gasteiger partial charge in [-0.3, -0.25) is 10.1 Å². The monoisotopic (exact) mass is 752 g/mol. The van der Waals surface area contributed by atoms with E-state index >= 15 is 0 Å². The van der Waals surface area contributed by atoms with Crippen molar-refractivity contribution >= 4 is 34.9 Å². The van der Waals surface area contributed by atoms with Crippen LogP contribution in [-0.2, 0) is 15.3 Å². The molecule has 12 nitrogen and oxygen atoms in total. The summed E-state index contributed by atoms with van der Waals surface area (Å²) in [4.78, 5) is 43.2. The van der Waals surface area contributed by atoms with E-state index in [1.54, 1.807) is 0 Å². The molecule has 0 radical (unpaired) electrons. The van der Waals surface area contributed by atoms with Crippen LogP contribution in [0.3, 0.4) is 0 Å². The molecule has 2 unspecified atom stereocenters. The average Bonchev–Trinajstić information content (AvgIpc) is 2.96. The number of nitrogens with one attached hydrogen (secondary N) is 3. The zero-order valence-corrected chi connectivity index (χ0v) is 31.7. The molecule has 4 rings (SSSR count). The molecule has 2 aromatic heterocycles. The minimum Gasteiger partial charge on any atom is -1.00 e. The number of carbonyl (C=O) groups excluding carboxylic acids is 2. The lowest BCUT2D eigenvalue weighted by atomic mass is 10.0. The van der Waals surface area contributed by atoms with Gasteiger partial charge in [-0.15, -0.1) is 0 Å². The zero-order chi connectivity index (χ0) is 37.3. The van der Waals surface area contributed by atoms with Gasteiger partial charge in [-0.1, -0.05) is 76.2 Å². The van der Waals surface area contributed by atoms with Gasteiger partial charge >= 0.3 is 11.3 Å².